The predicted molar refractivity (Wildman–Crippen MR) is 69.9 cm³/mol. The number of hydrogen-bond acceptors (Lipinski definition) is 12. The molecule has 0 unspecified atom stereocenters. The maximum absolute atomic E-state index is 10.3. The van der Waals surface area contributed by atoms with Crippen molar-refractivity contribution in [1.82, 2.24) is 0 Å². The molecular weight excluding hydrogens is 385 g/mol. The zero-order valence-corrected chi connectivity index (χ0v) is 15.0. The monoisotopic (exact) mass is 400 g/mol. The first-order chi connectivity index (χ1) is 11.0. The molecule has 26 heavy (non-hydrogen) atoms. The molecular formula is C7H15B2NaO16. The summed E-state index contributed by atoms with van der Waals surface area (Å²) in [5.74, 6) is -5.02. The molecule has 0 aliphatic carbocycles. The fraction of sp³-hybridized carbons (Fsp3) is 0.429. The minimum atomic E-state index is -2.74. The zero-order chi connectivity index (χ0) is 21.4. The molecule has 0 atom stereocenters. The first-order valence-electron chi connectivity index (χ1n) is 5.35. The smallest absolute Gasteiger partial charge is 0.565 e. The van der Waals surface area contributed by atoms with Gasteiger partial charge in [-0.2, -0.15) is 0 Å². The number of carbonyl (C=O) groups is 4. The normalized spacial score (nSPS) is 8.42. The Bertz CT molecular complexity index is 382. The van der Waals surface area contributed by atoms with Gasteiger partial charge in [0.05, 0.1) is 12.8 Å². The SMILES string of the molecule is O=C(O)CC(O)(CC(=O)O)C(=O)O.O=C([O-])O.OB(O)O.OB(O)O.[Na+]. The van der Waals surface area contributed by atoms with Crippen molar-refractivity contribution >= 4 is 38.7 Å². The van der Waals surface area contributed by atoms with E-state index in [0.717, 1.165) is 0 Å². The summed E-state index contributed by atoms with van der Waals surface area (Å²) in [5, 5.41) is 92.1. The number of carboxylic acids is 3. The summed E-state index contributed by atoms with van der Waals surface area (Å²) in [6.45, 7) is 0. The van der Waals surface area contributed by atoms with Crippen molar-refractivity contribution < 1.29 is 110 Å². The average Bonchev–Trinajstić information content (AvgIpc) is 2.22. The molecule has 0 saturated carbocycles. The second kappa shape index (κ2) is 19.8. The van der Waals surface area contributed by atoms with Gasteiger partial charge >= 0.3 is 62.1 Å². The minimum absolute atomic E-state index is 0. The molecule has 16 nitrogen and oxygen atoms in total. The van der Waals surface area contributed by atoms with E-state index in [9.17, 15) is 14.4 Å². The molecule has 0 aliphatic heterocycles. The van der Waals surface area contributed by atoms with Gasteiger partial charge in [0.15, 0.2) is 5.60 Å². The molecule has 0 amide bonds. The van der Waals surface area contributed by atoms with Crippen LogP contribution in [0.3, 0.4) is 0 Å². The van der Waals surface area contributed by atoms with Gasteiger partial charge in [0.25, 0.3) is 0 Å². The molecule has 0 bridgehead atoms. The molecule has 0 aliphatic rings. The summed E-state index contributed by atoms with van der Waals surface area (Å²) in [6, 6.07) is 0. The molecule has 0 aromatic rings. The summed E-state index contributed by atoms with van der Waals surface area (Å²) in [7, 11) is -4.33. The van der Waals surface area contributed by atoms with Gasteiger partial charge in [-0.3, -0.25) is 9.59 Å². The topological polar surface area (TPSA) is 314 Å². The van der Waals surface area contributed by atoms with Gasteiger partial charge in [0.2, 0.25) is 6.16 Å². The fourth-order valence-electron chi connectivity index (χ4n) is 0.714. The van der Waals surface area contributed by atoms with Crippen LogP contribution in [0.15, 0.2) is 0 Å². The number of aliphatic carboxylic acids is 3. The Hall–Kier alpha value is -1.47. The number of rotatable bonds is 5. The van der Waals surface area contributed by atoms with Crippen LogP contribution in [0.1, 0.15) is 12.8 Å². The molecule has 0 saturated heterocycles. The van der Waals surface area contributed by atoms with Crippen molar-refractivity contribution in [1.29, 1.82) is 0 Å². The molecule has 11 N–H and O–H groups in total. The Labute approximate surface area is 166 Å². The Kier molecular flexibility index (Phi) is 27.2. The van der Waals surface area contributed by atoms with Crippen LogP contribution in [-0.2, 0) is 14.4 Å². The number of hydrogen-bond donors (Lipinski definition) is 11. The third kappa shape index (κ3) is 49.5. The second-order valence-electron chi connectivity index (χ2n) is 3.44. The van der Waals surface area contributed by atoms with Crippen molar-refractivity contribution in [3.05, 3.63) is 0 Å². The standard InChI is InChI=1S/C6H8O7.CH2O3.2BH3O3.Na/c7-3(8)1-6(13,5(11)12)2-4(9)10;3*2-1(3)4;/h13H,1-2H2,(H,7,8)(H,9,10)(H,11,12);(H2,2,3,4);2*2-4H;/q;;;;+1/p-1. The Morgan fingerprint density at radius 2 is 0.885 bits per heavy atom. The Morgan fingerprint density at radius 1 is 0.731 bits per heavy atom. The first kappa shape index (κ1) is 35.6. The summed E-state index contributed by atoms with van der Waals surface area (Å²) in [6.07, 6.45) is -4.37. The zero-order valence-electron chi connectivity index (χ0n) is 13.0. The van der Waals surface area contributed by atoms with Gasteiger partial charge in [0.1, 0.15) is 0 Å². The van der Waals surface area contributed by atoms with Gasteiger partial charge in [0, 0.05) is 0 Å². The van der Waals surface area contributed by atoms with Gasteiger partial charge in [-0.1, -0.05) is 0 Å². The van der Waals surface area contributed by atoms with E-state index in [1.54, 1.807) is 0 Å². The van der Waals surface area contributed by atoms with Crippen LogP contribution in [0.4, 0.5) is 4.79 Å². The third-order valence-electron chi connectivity index (χ3n) is 1.29. The largest absolute Gasteiger partial charge is 1.00 e. The maximum atomic E-state index is 10.3. The van der Waals surface area contributed by atoms with Gasteiger partial charge < -0.3 is 65.6 Å². The van der Waals surface area contributed by atoms with Crippen LogP contribution in [0.5, 0.6) is 0 Å². The van der Waals surface area contributed by atoms with E-state index in [4.69, 9.17) is 65.6 Å². The van der Waals surface area contributed by atoms with E-state index in [1.165, 1.54) is 0 Å². The van der Waals surface area contributed by atoms with Gasteiger partial charge in [-0.05, 0) is 0 Å². The molecule has 0 spiro atoms. The molecule has 0 heterocycles. The first-order valence-corrected chi connectivity index (χ1v) is 5.35. The van der Waals surface area contributed by atoms with Crippen molar-refractivity contribution in [2.45, 2.75) is 18.4 Å². The van der Waals surface area contributed by atoms with E-state index in [2.05, 4.69) is 0 Å². The third-order valence-corrected chi connectivity index (χ3v) is 1.29. The molecule has 0 aromatic carbocycles. The van der Waals surface area contributed by atoms with Gasteiger partial charge in [-0.15, -0.1) is 0 Å². The Morgan fingerprint density at radius 3 is 0.962 bits per heavy atom. The van der Waals surface area contributed by atoms with E-state index >= 15 is 0 Å². The van der Waals surface area contributed by atoms with Crippen LogP contribution in [-0.4, -0.2) is 100.0 Å². The van der Waals surface area contributed by atoms with E-state index in [0.29, 0.717) is 0 Å². The van der Waals surface area contributed by atoms with Crippen LogP contribution in [0.2, 0.25) is 0 Å². The summed E-state index contributed by atoms with van der Waals surface area (Å²) >= 11 is 0. The van der Waals surface area contributed by atoms with Crippen LogP contribution < -0.4 is 34.7 Å². The fourth-order valence-corrected chi connectivity index (χ4v) is 0.714. The summed E-state index contributed by atoms with van der Waals surface area (Å²) in [4.78, 5) is 38.9. The van der Waals surface area contributed by atoms with E-state index in [-0.39, 0.29) is 29.6 Å². The summed E-state index contributed by atoms with van der Waals surface area (Å²) in [5.41, 5.74) is -2.74. The number of carboxylic acid groups (broad SMARTS) is 5. The minimum Gasteiger partial charge on any atom is -0.565 e. The van der Waals surface area contributed by atoms with Crippen molar-refractivity contribution in [2.24, 2.45) is 0 Å². The summed E-state index contributed by atoms with van der Waals surface area (Å²) < 4.78 is 0. The predicted octanol–water partition coefficient (Wildman–Crippen LogP) is -9.46. The second-order valence-corrected chi connectivity index (χ2v) is 3.44. The number of aliphatic hydroxyl groups is 1. The molecule has 0 fully saturated rings. The van der Waals surface area contributed by atoms with Crippen molar-refractivity contribution in [3.8, 4) is 0 Å². The van der Waals surface area contributed by atoms with Crippen LogP contribution >= 0.6 is 0 Å². The molecule has 19 heteroatoms. The molecule has 0 rings (SSSR count). The van der Waals surface area contributed by atoms with Crippen LogP contribution in [0, 0.1) is 0 Å². The molecule has 0 aromatic heterocycles. The maximum Gasteiger partial charge on any atom is 1.00 e. The van der Waals surface area contributed by atoms with E-state index in [1.807, 2.05) is 0 Å². The van der Waals surface area contributed by atoms with Crippen LogP contribution in [0.25, 0.3) is 0 Å². The molecule has 146 valence electrons. The van der Waals surface area contributed by atoms with Gasteiger partial charge in [-0.25, -0.2) is 4.79 Å². The Balaban J connectivity index is -0.0000000933. The van der Waals surface area contributed by atoms with E-state index < -0.39 is 57.1 Å². The molecule has 0 radical (unpaired) electrons. The van der Waals surface area contributed by atoms with Crippen molar-refractivity contribution in [2.75, 3.05) is 0 Å². The average molecular weight is 400 g/mol. The van der Waals surface area contributed by atoms with Crippen molar-refractivity contribution in [3.63, 3.8) is 0 Å². The quantitative estimate of drug-likeness (QED) is 0.191.